The minimum Gasteiger partial charge on any atom is -0.491 e. The Morgan fingerprint density at radius 1 is 0.765 bits per heavy atom. The van der Waals surface area contributed by atoms with Crippen molar-refractivity contribution in [2.45, 2.75) is 47.6 Å². The third kappa shape index (κ3) is 4.60. The maximum absolute atomic E-state index is 13.7. The van der Waals surface area contributed by atoms with Crippen LogP contribution in [0.15, 0.2) is 66.4 Å². The van der Waals surface area contributed by atoms with Crippen LogP contribution < -0.4 is 15.0 Å². The van der Waals surface area contributed by atoms with E-state index in [0.717, 1.165) is 33.5 Å². The predicted molar refractivity (Wildman–Crippen MR) is 137 cm³/mol. The largest absolute Gasteiger partial charge is 0.491 e. The second-order valence-electron chi connectivity index (χ2n) is 9.18. The molecular weight excluding hydrogens is 424 g/mol. The van der Waals surface area contributed by atoms with Crippen LogP contribution in [0, 0.1) is 27.7 Å². The fraction of sp³-hybridized carbons (Fsp3) is 0.241. The van der Waals surface area contributed by atoms with Crippen molar-refractivity contribution in [1.29, 1.82) is 0 Å². The van der Waals surface area contributed by atoms with Gasteiger partial charge in [0.25, 0.3) is 11.8 Å². The molecular formula is C29H30N2O3. The Hall–Kier alpha value is -3.86. The van der Waals surface area contributed by atoms with E-state index < -0.39 is 0 Å². The lowest BCUT2D eigenvalue weighted by Crippen LogP contribution is -2.32. The number of carbonyl (C=O) groups is 2. The van der Waals surface area contributed by atoms with Gasteiger partial charge in [0.1, 0.15) is 11.4 Å². The first-order valence-electron chi connectivity index (χ1n) is 11.5. The number of anilines is 2. The van der Waals surface area contributed by atoms with Crippen molar-refractivity contribution in [3.8, 4) is 5.75 Å². The van der Waals surface area contributed by atoms with Gasteiger partial charge in [0, 0.05) is 5.69 Å². The second-order valence-corrected chi connectivity index (χ2v) is 9.18. The summed E-state index contributed by atoms with van der Waals surface area (Å²) in [5, 5.41) is 3.27. The Bertz CT molecular complexity index is 1280. The highest BCUT2D eigenvalue weighted by Crippen LogP contribution is 2.36. The summed E-state index contributed by atoms with van der Waals surface area (Å²) in [6, 6.07) is 19.0. The van der Waals surface area contributed by atoms with E-state index in [1.54, 1.807) is 24.3 Å². The summed E-state index contributed by atoms with van der Waals surface area (Å²) in [6.07, 6.45) is 0.0345. The van der Waals surface area contributed by atoms with E-state index in [9.17, 15) is 9.59 Å². The number of benzene rings is 3. The highest BCUT2D eigenvalue weighted by atomic mass is 16.5. The smallest absolute Gasteiger partial charge is 0.282 e. The average molecular weight is 455 g/mol. The standard InChI is InChI=1S/C29H30N2O3/c1-17(2)34-24-10-8-23(9-11-24)31-28(32)26(25-12-7-18(3)14-21(25)6)27(29(31)33)30-22-15-19(4)13-20(5)16-22/h7-17,30H,1-6H3. The van der Waals surface area contributed by atoms with Crippen molar-refractivity contribution in [1.82, 2.24) is 0 Å². The van der Waals surface area contributed by atoms with E-state index in [0.29, 0.717) is 17.0 Å². The molecule has 2 amide bonds. The maximum atomic E-state index is 13.7. The molecule has 0 atom stereocenters. The summed E-state index contributed by atoms with van der Waals surface area (Å²) in [7, 11) is 0. The average Bonchev–Trinajstić information content (AvgIpc) is 2.97. The molecule has 174 valence electrons. The van der Waals surface area contributed by atoms with Crippen LogP contribution in [0.2, 0.25) is 0 Å². The van der Waals surface area contributed by atoms with Crippen LogP contribution in [0.4, 0.5) is 11.4 Å². The first kappa shape index (κ1) is 23.3. The molecule has 0 bridgehead atoms. The molecule has 0 saturated carbocycles. The van der Waals surface area contributed by atoms with E-state index in [1.165, 1.54) is 4.90 Å². The number of amides is 2. The van der Waals surface area contributed by atoms with E-state index in [1.807, 2.05) is 71.9 Å². The van der Waals surface area contributed by atoms with E-state index in [2.05, 4.69) is 11.4 Å². The van der Waals surface area contributed by atoms with E-state index >= 15 is 0 Å². The van der Waals surface area contributed by atoms with Gasteiger partial charge in [0.15, 0.2) is 0 Å². The van der Waals surface area contributed by atoms with E-state index in [4.69, 9.17) is 4.74 Å². The molecule has 0 fully saturated rings. The number of aryl methyl sites for hydroxylation is 4. The number of imide groups is 1. The number of nitrogens with one attached hydrogen (secondary N) is 1. The lowest BCUT2D eigenvalue weighted by molar-refractivity contribution is -0.120. The van der Waals surface area contributed by atoms with Crippen LogP contribution in [-0.4, -0.2) is 17.9 Å². The van der Waals surface area contributed by atoms with Crippen molar-refractivity contribution >= 4 is 28.8 Å². The van der Waals surface area contributed by atoms with Crippen LogP contribution in [0.1, 0.15) is 41.7 Å². The maximum Gasteiger partial charge on any atom is 0.282 e. The van der Waals surface area contributed by atoms with Gasteiger partial charge in [-0.1, -0.05) is 29.8 Å². The monoisotopic (exact) mass is 454 g/mol. The molecule has 3 aromatic carbocycles. The molecule has 0 radical (unpaired) electrons. The highest BCUT2D eigenvalue weighted by Gasteiger charge is 2.40. The van der Waals surface area contributed by atoms with Crippen LogP contribution >= 0.6 is 0 Å². The molecule has 0 saturated heterocycles. The van der Waals surface area contributed by atoms with Gasteiger partial charge in [0.2, 0.25) is 0 Å². The molecule has 5 nitrogen and oxygen atoms in total. The molecule has 4 rings (SSSR count). The highest BCUT2D eigenvalue weighted by molar-refractivity contribution is 6.46. The molecule has 1 heterocycles. The minimum absolute atomic E-state index is 0.0345. The normalized spacial score (nSPS) is 13.8. The molecule has 3 aromatic rings. The van der Waals surface area contributed by atoms with Gasteiger partial charge in [-0.15, -0.1) is 0 Å². The minimum atomic E-state index is -0.378. The first-order valence-corrected chi connectivity index (χ1v) is 11.5. The van der Waals surface area contributed by atoms with Crippen molar-refractivity contribution in [3.63, 3.8) is 0 Å². The van der Waals surface area contributed by atoms with Crippen LogP contribution in [-0.2, 0) is 9.59 Å². The number of nitrogens with zero attached hydrogens (tertiary/aromatic N) is 1. The fourth-order valence-corrected chi connectivity index (χ4v) is 4.36. The second kappa shape index (κ2) is 9.18. The fourth-order valence-electron chi connectivity index (χ4n) is 4.36. The van der Waals surface area contributed by atoms with Crippen LogP contribution in [0.25, 0.3) is 5.57 Å². The SMILES string of the molecule is Cc1cc(C)cc(NC2=C(c3ccc(C)cc3C)C(=O)N(c3ccc(OC(C)C)cc3)C2=O)c1. The lowest BCUT2D eigenvalue weighted by Gasteiger charge is -2.17. The third-order valence-corrected chi connectivity index (χ3v) is 5.69. The molecule has 0 aromatic heterocycles. The Morgan fingerprint density at radius 3 is 2.00 bits per heavy atom. The first-order chi connectivity index (χ1) is 16.1. The number of ether oxygens (including phenoxy) is 1. The Balaban J connectivity index is 1.80. The zero-order chi connectivity index (χ0) is 24.6. The molecule has 0 spiro atoms. The van der Waals surface area contributed by atoms with Crippen molar-refractivity contribution in [2.24, 2.45) is 0 Å². The van der Waals surface area contributed by atoms with Gasteiger partial charge in [-0.05, 0) is 100 Å². The number of hydrogen-bond acceptors (Lipinski definition) is 4. The van der Waals surface area contributed by atoms with Crippen molar-refractivity contribution in [3.05, 3.63) is 94.2 Å². The molecule has 0 unspecified atom stereocenters. The summed E-state index contributed by atoms with van der Waals surface area (Å²) in [5.74, 6) is -0.0352. The summed E-state index contributed by atoms with van der Waals surface area (Å²) in [6.45, 7) is 11.9. The number of rotatable bonds is 6. The Labute approximate surface area is 201 Å². The molecule has 34 heavy (non-hydrogen) atoms. The number of hydrogen-bond donors (Lipinski definition) is 1. The van der Waals surface area contributed by atoms with Gasteiger partial charge in [-0.3, -0.25) is 9.59 Å². The molecule has 1 aliphatic heterocycles. The van der Waals surface area contributed by atoms with Crippen molar-refractivity contribution < 1.29 is 14.3 Å². The quantitative estimate of drug-likeness (QED) is 0.457. The topological polar surface area (TPSA) is 58.6 Å². The predicted octanol–water partition coefficient (Wildman–Crippen LogP) is 6.10. The number of carbonyl (C=O) groups excluding carboxylic acids is 2. The summed E-state index contributed by atoms with van der Waals surface area (Å²) < 4.78 is 5.71. The zero-order valence-corrected chi connectivity index (χ0v) is 20.5. The summed E-state index contributed by atoms with van der Waals surface area (Å²) in [4.78, 5) is 28.6. The Kier molecular flexibility index (Phi) is 6.29. The van der Waals surface area contributed by atoms with E-state index in [-0.39, 0.29) is 23.6 Å². The lowest BCUT2D eigenvalue weighted by atomic mass is 9.97. The van der Waals surface area contributed by atoms with Crippen molar-refractivity contribution in [2.75, 3.05) is 10.2 Å². The third-order valence-electron chi connectivity index (χ3n) is 5.69. The summed E-state index contributed by atoms with van der Waals surface area (Å²) in [5.41, 5.74) is 6.88. The summed E-state index contributed by atoms with van der Waals surface area (Å²) >= 11 is 0. The van der Waals surface area contributed by atoms with Gasteiger partial charge in [-0.25, -0.2) is 4.90 Å². The van der Waals surface area contributed by atoms with Crippen LogP contribution in [0.5, 0.6) is 5.75 Å². The van der Waals surface area contributed by atoms with Gasteiger partial charge >= 0.3 is 0 Å². The van der Waals surface area contributed by atoms with Gasteiger partial charge in [-0.2, -0.15) is 0 Å². The molecule has 1 N–H and O–H groups in total. The molecule has 0 aliphatic carbocycles. The Morgan fingerprint density at radius 2 is 1.41 bits per heavy atom. The molecule has 5 heteroatoms. The zero-order valence-electron chi connectivity index (χ0n) is 20.5. The van der Waals surface area contributed by atoms with Gasteiger partial charge in [0.05, 0.1) is 17.4 Å². The molecule has 1 aliphatic rings. The van der Waals surface area contributed by atoms with Crippen LogP contribution in [0.3, 0.4) is 0 Å². The van der Waals surface area contributed by atoms with Gasteiger partial charge < -0.3 is 10.1 Å².